The van der Waals surface area contributed by atoms with Crippen molar-refractivity contribution in [3.63, 3.8) is 0 Å². The highest BCUT2D eigenvalue weighted by atomic mass is 16.6. The number of nitrogens with zero attached hydrogens (tertiary/aromatic N) is 1. The molecule has 2 heterocycles. The fourth-order valence-electron chi connectivity index (χ4n) is 3.63. The Hall–Kier alpha value is -0.900. The standard InChI is InChI=1S/C15H25NO3/c1-4-14(5-2)15(6-3,19-14)10-7-11-16-12(17)8-9-13(16)18/h4-11H2,1-3H3. The molecule has 2 aliphatic heterocycles. The van der Waals surface area contributed by atoms with Crippen LogP contribution in [-0.4, -0.2) is 34.5 Å². The van der Waals surface area contributed by atoms with E-state index in [0.717, 1.165) is 32.1 Å². The third-order valence-electron chi connectivity index (χ3n) is 5.01. The molecule has 0 bridgehead atoms. The molecular formula is C15H25NO3. The topological polar surface area (TPSA) is 49.9 Å². The highest BCUT2D eigenvalue weighted by Gasteiger charge is 2.65. The number of imide groups is 1. The summed E-state index contributed by atoms with van der Waals surface area (Å²) in [6, 6.07) is 0. The van der Waals surface area contributed by atoms with Gasteiger partial charge in [-0.1, -0.05) is 20.8 Å². The first kappa shape index (κ1) is 14.5. The smallest absolute Gasteiger partial charge is 0.229 e. The largest absolute Gasteiger partial charge is 0.363 e. The first-order valence-electron chi connectivity index (χ1n) is 7.57. The van der Waals surface area contributed by atoms with E-state index in [9.17, 15) is 9.59 Å². The Kier molecular flexibility index (Phi) is 4.00. The molecule has 2 amide bonds. The van der Waals surface area contributed by atoms with Gasteiger partial charge in [-0.3, -0.25) is 14.5 Å². The second-order valence-electron chi connectivity index (χ2n) is 5.69. The molecular weight excluding hydrogens is 242 g/mol. The van der Waals surface area contributed by atoms with Gasteiger partial charge in [0.1, 0.15) is 0 Å². The normalized spacial score (nSPS) is 29.1. The molecule has 1 unspecified atom stereocenters. The second-order valence-corrected chi connectivity index (χ2v) is 5.69. The molecule has 0 aromatic carbocycles. The van der Waals surface area contributed by atoms with Crippen molar-refractivity contribution in [1.29, 1.82) is 0 Å². The lowest BCUT2D eigenvalue weighted by Gasteiger charge is -2.18. The Labute approximate surface area is 115 Å². The molecule has 2 rings (SSSR count). The maximum absolute atomic E-state index is 11.5. The van der Waals surface area contributed by atoms with Crippen molar-refractivity contribution in [3.8, 4) is 0 Å². The van der Waals surface area contributed by atoms with Crippen LogP contribution in [0.15, 0.2) is 0 Å². The first-order valence-corrected chi connectivity index (χ1v) is 7.57. The fraction of sp³-hybridized carbons (Fsp3) is 0.867. The van der Waals surface area contributed by atoms with Gasteiger partial charge in [-0.15, -0.1) is 0 Å². The van der Waals surface area contributed by atoms with E-state index in [1.54, 1.807) is 0 Å². The van der Waals surface area contributed by atoms with Crippen LogP contribution in [0.5, 0.6) is 0 Å². The van der Waals surface area contributed by atoms with Crippen LogP contribution < -0.4 is 0 Å². The molecule has 0 aromatic heterocycles. The van der Waals surface area contributed by atoms with E-state index in [2.05, 4.69) is 20.8 Å². The highest BCUT2D eigenvalue weighted by Crippen LogP contribution is 2.57. The van der Waals surface area contributed by atoms with Crippen LogP contribution in [0, 0.1) is 0 Å². The van der Waals surface area contributed by atoms with Gasteiger partial charge < -0.3 is 4.74 Å². The number of ether oxygens (including phenoxy) is 1. The maximum Gasteiger partial charge on any atom is 0.229 e. The molecule has 2 saturated heterocycles. The van der Waals surface area contributed by atoms with Crippen LogP contribution in [0.3, 0.4) is 0 Å². The fourth-order valence-corrected chi connectivity index (χ4v) is 3.63. The van der Waals surface area contributed by atoms with Crippen LogP contribution in [0.1, 0.15) is 65.7 Å². The van der Waals surface area contributed by atoms with E-state index >= 15 is 0 Å². The number of likely N-dealkylation sites (tertiary alicyclic amines) is 1. The minimum atomic E-state index is -0.0116. The monoisotopic (exact) mass is 267 g/mol. The minimum absolute atomic E-state index is 0.00971. The van der Waals surface area contributed by atoms with E-state index in [1.165, 1.54) is 4.90 Å². The van der Waals surface area contributed by atoms with E-state index < -0.39 is 0 Å². The number of carbonyl (C=O) groups excluding carboxylic acids is 2. The van der Waals surface area contributed by atoms with Crippen molar-refractivity contribution in [3.05, 3.63) is 0 Å². The molecule has 2 aliphatic rings. The van der Waals surface area contributed by atoms with Gasteiger partial charge in [-0.25, -0.2) is 0 Å². The Morgan fingerprint density at radius 3 is 1.95 bits per heavy atom. The van der Waals surface area contributed by atoms with Crippen LogP contribution in [0.2, 0.25) is 0 Å². The van der Waals surface area contributed by atoms with Gasteiger partial charge >= 0.3 is 0 Å². The third-order valence-corrected chi connectivity index (χ3v) is 5.01. The summed E-state index contributed by atoms with van der Waals surface area (Å²) in [6.45, 7) is 7.08. The predicted octanol–water partition coefficient (Wildman–Crippen LogP) is 2.65. The van der Waals surface area contributed by atoms with Gasteiger partial charge in [0.15, 0.2) is 0 Å². The summed E-state index contributed by atoms with van der Waals surface area (Å²) in [5.41, 5.74) is 0.0308. The first-order chi connectivity index (χ1) is 9.04. The summed E-state index contributed by atoms with van der Waals surface area (Å²) < 4.78 is 6.07. The average molecular weight is 267 g/mol. The van der Waals surface area contributed by atoms with Gasteiger partial charge in [-0.2, -0.15) is 0 Å². The number of hydrogen-bond donors (Lipinski definition) is 0. The van der Waals surface area contributed by atoms with Crippen LogP contribution in [-0.2, 0) is 14.3 Å². The van der Waals surface area contributed by atoms with Gasteiger partial charge in [0, 0.05) is 19.4 Å². The van der Waals surface area contributed by atoms with Gasteiger partial charge in [0.05, 0.1) is 11.2 Å². The molecule has 4 nitrogen and oxygen atoms in total. The lowest BCUT2D eigenvalue weighted by Crippen LogP contribution is -2.32. The Morgan fingerprint density at radius 2 is 1.53 bits per heavy atom. The molecule has 108 valence electrons. The zero-order valence-corrected chi connectivity index (χ0v) is 12.3. The van der Waals surface area contributed by atoms with Crippen molar-refractivity contribution in [2.24, 2.45) is 0 Å². The van der Waals surface area contributed by atoms with Crippen molar-refractivity contribution in [1.82, 2.24) is 4.90 Å². The Morgan fingerprint density at radius 1 is 1.00 bits per heavy atom. The zero-order valence-electron chi connectivity index (χ0n) is 12.3. The predicted molar refractivity (Wildman–Crippen MR) is 72.6 cm³/mol. The SMILES string of the molecule is CCC1(CC)OC1(CC)CCCN1C(=O)CCC1=O. The van der Waals surface area contributed by atoms with Crippen molar-refractivity contribution >= 4 is 11.8 Å². The van der Waals surface area contributed by atoms with Crippen LogP contribution >= 0.6 is 0 Å². The number of carbonyl (C=O) groups is 2. The number of hydrogen-bond acceptors (Lipinski definition) is 3. The quantitative estimate of drug-likeness (QED) is 0.526. The molecule has 0 radical (unpaired) electrons. The molecule has 0 aliphatic carbocycles. The van der Waals surface area contributed by atoms with Gasteiger partial charge in [0.2, 0.25) is 11.8 Å². The Bertz CT molecular complexity index is 360. The molecule has 0 aromatic rings. The third kappa shape index (κ3) is 2.31. The molecule has 1 atom stereocenters. The Balaban J connectivity index is 1.86. The van der Waals surface area contributed by atoms with Crippen molar-refractivity contribution in [2.45, 2.75) is 76.9 Å². The highest BCUT2D eigenvalue weighted by molar-refractivity contribution is 6.01. The lowest BCUT2D eigenvalue weighted by atomic mass is 9.83. The summed E-state index contributed by atoms with van der Waals surface area (Å²) in [7, 11) is 0. The maximum atomic E-state index is 11.5. The number of rotatable bonds is 7. The van der Waals surface area contributed by atoms with Crippen LogP contribution in [0.4, 0.5) is 0 Å². The van der Waals surface area contributed by atoms with E-state index in [1.807, 2.05) is 0 Å². The lowest BCUT2D eigenvalue weighted by molar-refractivity contribution is -0.138. The number of amides is 2. The van der Waals surface area contributed by atoms with E-state index in [0.29, 0.717) is 19.4 Å². The zero-order chi connectivity index (χ0) is 14.1. The molecule has 2 fully saturated rings. The molecule has 19 heavy (non-hydrogen) atoms. The summed E-state index contributed by atoms with van der Waals surface area (Å²) in [6.07, 6.45) is 5.67. The summed E-state index contributed by atoms with van der Waals surface area (Å²) in [5, 5.41) is 0. The average Bonchev–Trinajstić information content (AvgIpc) is 2.99. The van der Waals surface area contributed by atoms with Crippen LogP contribution in [0.25, 0.3) is 0 Å². The number of epoxide rings is 1. The van der Waals surface area contributed by atoms with Crippen molar-refractivity contribution in [2.75, 3.05) is 6.54 Å². The van der Waals surface area contributed by atoms with Crippen molar-refractivity contribution < 1.29 is 14.3 Å². The minimum Gasteiger partial charge on any atom is -0.363 e. The second kappa shape index (κ2) is 5.23. The molecule has 4 heteroatoms. The van der Waals surface area contributed by atoms with Gasteiger partial charge in [0.25, 0.3) is 0 Å². The summed E-state index contributed by atoms with van der Waals surface area (Å²) in [4.78, 5) is 24.5. The molecule has 0 spiro atoms. The van der Waals surface area contributed by atoms with E-state index in [4.69, 9.17) is 4.74 Å². The summed E-state index contributed by atoms with van der Waals surface area (Å²) >= 11 is 0. The molecule has 0 saturated carbocycles. The van der Waals surface area contributed by atoms with E-state index in [-0.39, 0.29) is 23.0 Å². The summed E-state index contributed by atoms with van der Waals surface area (Å²) in [5.74, 6) is -0.0194. The molecule has 0 N–H and O–H groups in total. The van der Waals surface area contributed by atoms with Gasteiger partial charge in [-0.05, 0) is 32.1 Å².